The van der Waals surface area contributed by atoms with Crippen molar-refractivity contribution in [2.24, 2.45) is 7.05 Å². The average molecular weight is 403 g/mol. The highest BCUT2D eigenvalue weighted by Gasteiger charge is 2.23. The van der Waals surface area contributed by atoms with Gasteiger partial charge >= 0.3 is 0 Å². The number of rotatable bonds is 5. The minimum absolute atomic E-state index is 0.145. The lowest BCUT2D eigenvalue weighted by molar-refractivity contribution is -0.123. The van der Waals surface area contributed by atoms with Crippen LogP contribution in [0.3, 0.4) is 0 Å². The number of amides is 1. The van der Waals surface area contributed by atoms with E-state index < -0.39 is 6.04 Å². The van der Waals surface area contributed by atoms with Crippen LogP contribution in [0.2, 0.25) is 0 Å². The van der Waals surface area contributed by atoms with E-state index in [0.717, 1.165) is 27.5 Å². The number of carbonyl (C=O) groups excluding carboxylic acids is 1. The van der Waals surface area contributed by atoms with Gasteiger partial charge in [-0.05, 0) is 30.7 Å². The molecule has 0 spiro atoms. The Morgan fingerprint density at radius 1 is 1.10 bits per heavy atom. The van der Waals surface area contributed by atoms with Crippen LogP contribution in [0, 0.1) is 0 Å². The van der Waals surface area contributed by atoms with Gasteiger partial charge in [-0.3, -0.25) is 9.59 Å². The first-order chi connectivity index (χ1) is 14.4. The highest BCUT2D eigenvalue weighted by Crippen LogP contribution is 2.29. The molecule has 1 amide bonds. The number of hydrogen-bond acceptors (Lipinski definition) is 4. The standard InChI is InChI=1S/C23H25N5O2/c1-15(22(29)24-13-16-9-11-17(12-10-16)26(2)3)28-20-8-6-5-7-18(20)19-14-25-27(4)23(30)21(19)28/h5-12,14-15H,13H2,1-4H3,(H,24,29)/t15-/m1/s1. The Balaban J connectivity index is 1.66. The van der Waals surface area contributed by atoms with Crippen molar-refractivity contribution >= 4 is 33.4 Å². The van der Waals surface area contributed by atoms with Gasteiger partial charge in [0.05, 0.1) is 11.7 Å². The van der Waals surface area contributed by atoms with E-state index in [1.807, 2.05) is 79.0 Å². The number of hydrogen-bond donors (Lipinski definition) is 1. The smallest absolute Gasteiger partial charge is 0.291 e. The van der Waals surface area contributed by atoms with Crippen LogP contribution in [-0.2, 0) is 18.4 Å². The summed E-state index contributed by atoms with van der Waals surface area (Å²) in [6, 6.07) is 15.2. The third-order valence-corrected chi connectivity index (χ3v) is 5.49. The molecule has 30 heavy (non-hydrogen) atoms. The number of aromatic nitrogens is 3. The quantitative estimate of drug-likeness (QED) is 0.556. The lowest BCUT2D eigenvalue weighted by atomic mass is 10.2. The van der Waals surface area contributed by atoms with Gasteiger partial charge in [-0.1, -0.05) is 30.3 Å². The van der Waals surface area contributed by atoms with Gasteiger partial charge in [0.2, 0.25) is 5.91 Å². The number of nitrogens with zero attached hydrogens (tertiary/aromatic N) is 4. The molecule has 154 valence electrons. The zero-order chi connectivity index (χ0) is 21.4. The van der Waals surface area contributed by atoms with Gasteiger partial charge in [0.1, 0.15) is 11.6 Å². The molecular formula is C23H25N5O2. The average Bonchev–Trinajstić information content (AvgIpc) is 3.09. The zero-order valence-corrected chi connectivity index (χ0v) is 17.6. The molecule has 0 radical (unpaired) electrons. The highest BCUT2D eigenvalue weighted by molar-refractivity contribution is 6.08. The monoisotopic (exact) mass is 403 g/mol. The van der Waals surface area contributed by atoms with E-state index in [1.54, 1.807) is 13.2 Å². The summed E-state index contributed by atoms with van der Waals surface area (Å²) < 4.78 is 3.12. The molecule has 2 aromatic carbocycles. The number of para-hydroxylation sites is 1. The van der Waals surface area contributed by atoms with E-state index in [0.29, 0.717) is 12.1 Å². The molecule has 2 aromatic heterocycles. The number of aryl methyl sites for hydroxylation is 1. The number of benzene rings is 2. The van der Waals surface area contributed by atoms with Gasteiger partial charge in [0.15, 0.2) is 0 Å². The molecule has 1 N–H and O–H groups in total. The minimum atomic E-state index is -0.552. The Labute approximate surface area is 174 Å². The Hall–Kier alpha value is -3.61. The Bertz CT molecular complexity index is 1280. The van der Waals surface area contributed by atoms with E-state index in [1.165, 1.54) is 4.68 Å². The molecule has 1 atom stereocenters. The van der Waals surface area contributed by atoms with Crippen LogP contribution < -0.4 is 15.8 Å². The molecule has 0 saturated heterocycles. The van der Waals surface area contributed by atoms with Crippen molar-refractivity contribution in [1.29, 1.82) is 0 Å². The van der Waals surface area contributed by atoms with Crippen LogP contribution in [0.4, 0.5) is 5.69 Å². The molecule has 0 aliphatic carbocycles. The summed E-state index contributed by atoms with van der Waals surface area (Å²) in [6.45, 7) is 2.24. The number of anilines is 1. The maximum Gasteiger partial charge on any atom is 0.291 e. The van der Waals surface area contributed by atoms with E-state index in [9.17, 15) is 9.59 Å². The fourth-order valence-corrected chi connectivity index (χ4v) is 3.76. The van der Waals surface area contributed by atoms with Gasteiger partial charge < -0.3 is 14.8 Å². The second kappa shape index (κ2) is 7.67. The van der Waals surface area contributed by atoms with Crippen LogP contribution in [0.25, 0.3) is 21.8 Å². The van der Waals surface area contributed by atoms with Crippen molar-refractivity contribution in [2.45, 2.75) is 19.5 Å². The van der Waals surface area contributed by atoms with Crippen LogP contribution >= 0.6 is 0 Å². The summed E-state index contributed by atoms with van der Waals surface area (Å²) in [4.78, 5) is 27.9. The van der Waals surface area contributed by atoms with Crippen molar-refractivity contribution in [3.05, 3.63) is 70.6 Å². The third-order valence-electron chi connectivity index (χ3n) is 5.49. The van der Waals surface area contributed by atoms with Gasteiger partial charge in [0.25, 0.3) is 5.56 Å². The van der Waals surface area contributed by atoms with Crippen LogP contribution in [0.5, 0.6) is 0 Å². The number of nitrogens with one attached hydrogen (secondary N) is 1. The second-order valence-corrected chi connectivity index (χ2v) is 7.68. The maximum atomic E-state index is 13.0. The summed E-state index contributed by atoms with van der Waals surface area (Å²) in [5.74, 6) is -0.145. The fraction of sp³-hybridized carbons (Fsp3) is 0.261. The van der Waals surface area contributed by atoms with E-state index in [-0.39, 0.29) is 11.5 Å². The van der Waals surface area contributed by atoms with Gasteiger partial charge in [0, 0.05) is 44.1 Å². The first-order valence-corrected chi connectivity index (χ1v) is 9.87. The molecule has 0 fully saturated rings. The molecule has 4 aromatic rings. The predicted molar refractivity (Wildman–Crippen MR) is 120 cm³/mol. The van der Waals surface area contributed by atoms with Gasteiger partial charge in [-0.2, -0.15) is 5.10 Å². The summed E-state index contributed by atoms with van der Waals surface area (Å²) in [6.07, 6.45) is 1.69. The van der Waals surface area contributed by atoms with Crippen LogP contribution in [0.15, 0.2) is 59.5 Å². The molecule has 4 rings (SSSR count). The summed E-state index contributed by atoms with van der Waals surface area (Å²) >= 11 is 0. The summed E-state index contributed by atoms with van der Waals surface area (Å²) in [5, 5.41) is 8.83. The number of fused-ring (bicyclic) bond motifs is 3. The Morgan fingerprint density at radius 2 is 1.80 bits per heavy atom. The van der Waals surface area contributed by atoms with Crippen molar-refractivity contribution in [2.75, 3.05) is 19.0 Å². The molecule has 0 bridgehead atoms. The molecule has 0 saturated carbocycles. The van der Waals surface area contributed by atoms with Crippen LogP contribution in [0.1, 0.15) is 18.5 Å². The third kappa shape index (κ3) is 3.32. The molecule has 7 nitrogen and oxygen atoms in total. The highest BCUT2D eigenvalue weighted by atomic mass is 16.2. The first kappa shape index (κ1) is 19.7. The summed E-state index contributed by atoms with van der Waals surface area (Å²) in [5.41, 5.74) is 3.24. The Kier molecular flexibility index (Phi) is 5.03. The summed E-state index contributed by atoms with van der Waals surface area (Å²) in [7, 11) is 5.60. The van der Waals surface area contributed by atoms with Gasteiger partial charge in [-0.15, -0.1) is 0 Å². The normalized spacial score (nSPS) is 12.3. The van der Waals surface area contributed by atoms with Crippen molar-refractivity contribution in [3.8, 4) is 0 Å². The van der Waals surface area contributed by atoms with Crippen molar-refractivity contribution < 1.29 is 4.79 Å². The molecule has 2 heterocycles. The number of carbonyl (C=O) groups is 1. The minimum Gasteiger partial charge on any atom is -0.378 e. The second-order valence-electron chi connectivity index (χ2n) is 7.68. The zero-order valence-electron chi connectivity index (χ0n) is 17.6. The maximum absolute atomic E-state index is 13.0. The lowest BCUT2D eigenvalue weighted by Crippen LogP contribution is -2.32. The first-order valence-electron chi connectivity index (χ1n) is 9.87. The van der Waals surface area contributed by atoms with Crippen LogP contribution in [-0.4, -0.2) is 34.4 Å². The molecule has 0 aliphatic heterocycles. The SMILES string of the molecule is C[C@H](C(=O)NCc1ccc(N(C)C)cc1)n1c2ccccc2c2cnn(C)c(=O)c21. The van der Waals surface area contributed by atoms with Crippen molar-refractivity contribution in [1.82, 2.24) is 19.7 Å². The van der Waals surface area contributed by atoms with E-state index in [4.69, 9.17) is 0 Å². The lowest BCUT2D eigenvalue weighted by Gasteiger charge is -2.17. The largest absolute Gasteiger partial charge is 0.378 e. The molecule has 0 aliphatic rings. The van der Waals surface area contributed by atoms with E-state index >= 15 is 0 Å². The molecule has 7 heteroatoms. The van der Waals surface area contributed by atoms with E-state index in [2.05, 4.69) is 10.4 Å². The topological polar surface area (TPSA) is 72.2 Å². The molecular weight excluding hydrogens is 378 g/mol. The Morgan fingerprint density at radius 3 is 2.50 bits per heavy atom. The molecule has 0 unspecified atom stereocenters. The predicted octanol–water partition coefficient (Wildman–Crippen LogP) is 2.83. The van der Waals surface area contributed by atoms with Gasteiger partial charge in [-0.25, -0.2) is 4.68 Å². The van der Waals surface area contributed by atoms with Crippen molar-refractivity contribution in [3.63, 3.8) is 0 Å². The fourth-order valence-electron chi connectivity index (χ4n) is 3.76.